The van der Waals surface area contributed by atoms with Crippen molar-refractivity contribution in [2.24, 2.45) is 0 Å². The zero-order chi connectivity index (χ0) is 24.8. The molecule has 0 fully saturated rings. The summed E-state index contributed by atoms with van der Waals surface area (Å²) in [6.07, 6.45) is 1.47. The number of amides is 1. The van der Waals surface area contributed by atoms with Crippen molar-refractivity contribution in [3.8, 4) is 11.8 Å². The lowest BCUT2D eigenvalue weighted by Crippen LogP contribution is -2.14. The number of nitro groups is 1. The second-order valence-corrected chi connectivity index (χ2v) is 10.4. The van der Waals surface area contributed by atoms with Gasteiger partial charge in [0.2, 0.25) is 0 Å². The summed E-state index contributed by atoms with van der Waals surface area (Å²) in [5.41, 5.74) is 1.70. The topological polar surface area (TPSA) is 105 Å². The first kappa shape index (κ1) is 26.4. The molecule has 0 aliphatic carbocycles. The number of halogens is 4. The van der Waals surface area contributed by atoms with E-state index in [1.54, 1.807) is 12.1 Å². The lowest BCUT2D eigenvalue weighted by Gasteiger charge is -2.12. The molecule has 3 aromatic rings. The van der Waals surface area contributed by atoms with Gasteiger partial charge in [-0.05, 0) is 109 Å². The second-order valence-electron chi connectivity index (χ2n) is 6.77. The number of anilines is 1. The average Bonchev–Trinajstić information content (AvgIpc) is 2.79. The first-order chi connectivity index (χ1) is 16.2. The van der Waals surface area contributed by atoms with Gasteiger partial charge in [0, 0.05) is 21.6 Å². The van der Waals surface area contributed by atoms with Crippen LogP contribution in [0.5, 0.6) is 5.75 Å². The van der Waals surface area contributed by atoms with Crippen molar-refractivity contribution < 1.29 is 14.5 Å². The third-order valence-electron chi connectivity index (χ3n) is 4.40. The van der Waals surface area contributed by atoms with Crippen LogP contribution in [0.15, 0.2) is 64.6 Å². The summed E-state index contributed by atoms with van der Waals surface area (Å²) in [5.74, 6) is 0.0659. The molecule has 3 aromatic carbocycles. The van der Waals surface area contributed by atoms with Crippen LogP contribution in [-0.2, 0) is 11.4 Å². The molecule has 11 heteroatoms. The quantitative estimate of drug-likeness (QED) is 0.0892. The average molecular weight is 765 g/mol. The molecule has 0 atom stereocenters. The van der Waals surface area contributed by atoms with Gasteiger partial charge in [-0.25, -0.2) is 0 Å². The van der Waals surface area contributed by atoms with Gasteiger partial charge in [0.25, 0.3) is 11.6 Å². The lowest BCUT2D eigenvalue weighted by molar-refractivity contribution is -0.384. The molecule has 0 saturated heterocycles. The van der Waals surface area contributed by atoms with Gasteiger partial charge in [-0.2, -0.15) is 5.26 Å². The fourth-order valence-corrected chi connectivity index (χ4v) is 5.48. The van der Waals surface area contributed by atoms with Crippen molar-refractivity contribution in [1.82, 2.24) is 0 Å². The molecule has 172 valence electrons. The number of rotatable bonds is 7. The SMILES string of the molecule is N#C/C(=C/c1cc(I)c(OCc2ccc(Cl)cc2)c(I)c1)C(=O)Nc1ccc([N+](=O)[O-])cc1Br. The third kappa shape index (κ3) is 6.91. The summed E-state index contributed by atoms with van der Waals surface area (Å²) in [5, 5.41) is 23.7. The maximum atomic E-state index is 12.6. The Bertz CT molecular complexity index is 1320. The van der Waals surface area contributed by atoms with E-state index in [0.29, 0.717) is 33.1 Å². The highest BCUT2D eigenvalue weighted by molar-refractivity contribution is 14.1. The molecule has 0 aromatic heterocycles. The molecule has 0 aliphatic rings. The molecule has 3 rings (SSSR count). The van der Waals surface area contributed by atoms with Crippen LogP contribution in [0.25, 0.3) is 6.08 Å². The Morgan fingerprint density at radius 1 is 1.18 bits per heavy atom. The maximum Gasteiger partial charge on any atom is 0.270 e. The molecule has 0 saturated carbocycles. The summed E-state index contributed by atoms with van der Waals surface area (Å²) in [4.78, 5) is 23.0. The van der Waals surface area contributed by atoms with E-state index < -0.39 is 10.8 Å². The molecule has 0 aliphatic heterocycles. The van der Waals surface area contributed by atoms with Gasteiger partial charge >= 0.3 is 0 Å². The Hall–Kier alpha value is -2.21. The predicted octanol–water partition coefficient (Wildman–Crippen LogP) is 7.34. The summed E-state index contributed by atoms with van der Waals surface area (Å²) in [6, 6.07) is 16.8. The largest absolute Gasteiger partial charge is 0.487 e. The van der Waals surface area contributed by atoms with Gasteiger partial charge in [0.1, 0.15) is 24.0 Å². The molecule has 1 N–H and O–H groups in total. The zero-order valence-corrected chi connectivity index (χ0v) is 23.7. The Balaban J connectivity index is 1.77. The number of nitro benzene ring substituents is 1. The van der Waals surface area contributed by atoms with Crippen LogP contribution >= 0.6 is 72.7 Å². The lowest BCUT2D eigenvalue weighted by atomic mass is 10.1. The van der Waals surface area contributed by atoms with E-state index in [1.165, 1.54) is 24.3 Å². The van der Waals surface area contributed by atoms with E-state index in [1.807, 2.05) is 30.3 Å². The number of benzene rings is 3. The number of hydrogen-bond acceptors (Lipinski definition) is 5. The van der Waals surface area contributed by atoms with Crippen molar-refractivity contribution >= 4 is 96.1 Å². The van der Waals surface area contributed by atoms with E-state index in [0.717, 1.165) is 12.7 Å². The Kier molecular flexibility index (Phi) is 9.29. The van der Waals surface area contributed by atoms with Crippen molar-refractivity contribution in [3.05, 3.63) is 98.0 Å². The van der Waals surface area contributed by atoms with Crippen molar-refractivity contribution in [2.45, 2.75) is 6.61 Å². The van der Waals surface area contributed by atoms with Gasteiger partial charge < -0.3 is 10.1 Å². The Morgan fingerprint density at radius 2 is 1.82 bits per heavy atom. The molecule has 7 nitrogen and oxygen atoms in total. The minimum atomic E-state index is -0.634. The van der Waals surface area contributed by atoms with Crippen LogP contribution in [-0.4, -0.2) is 10.8 Å². The fraction of sp³-hybridized carbons (Fsp3) is 0.0435. The third-order valence-corrected chi connectivity index (χ3v) is 6.92. The number of ether oxygens (including phenoxy) is 1. The van der Waals surface area contributed by atoms with Gasteiger partial charge in [0.15, 0.2) is 0 Å². The number of nitrogens with one attached hydrogen (secondary N) is 1. The number of carbonyl (C=O) groups excluding carboxylic acids is 1. The molecule has 1 amide bonds. The first-order valence-corrected chi connectivity index (χ1v) is 12.7. The molecular weight excluding hydrogens is 751 g/mol. The van der Waals surface area contributed by atoms with Crippen LogP contribution in [0, 0.1) is 28.6 Å². The minimum Gasteiger partial charge on any atom is -0.487 e. The van der Waals surface area contributed by atoms with Gasteiger partial charge in [-0.15, -0.1) is 0 Å². The smallest absolute Gasteiger partial charge is 0.270 e. The summed E-state index contributed by atoms with van der Waals surface area (Å²) >= 11 is 13.4. The molecule has 0 bridgehead atoms. The second kappa shape index (κ2) is 12.0. The Labute approximate surface area is 235 Å². The zero-order valence-electron chi connectivity index (χ0n) is 17.0. The van der Waals surface area contributed by atoms with E-state index in [4.69, 9.17) is 16.3 Å². The summed E-state index contributed by atoms with van der Waals surface area (Å²) in [7, 11) is 0. The molecule has 0 heterocycles. The van der Waals surface area contributed by atoms with Crippen LogP contribution in [0.3, 0.4) is 0 Å². The maximum absolute atomic E-state index is 12.6. The standard InChI is InChI=1S/C23H13BrClI2N3O4/c24-18-10-17(30(32)33)5-6-21(18)29-23(31)15(11-28)7-14-8-19(26)22(20(27)9-14)34-12-13-1-3-16(25)4-2-13/h1-10H,12H2,(H,29,31)/b15-7-. The monoisotopic (exact) mass is 763 g/mol. The van der Waals surface area contributed by atoms with Crippen molar-refractivity contribution in [3.63, 3.8) is 0 Å². The molecule has 0 unspecified atom stereocenters. The molecule has 0 spiro atoms. The summed E-state index contributed by atoms with van der Waals surface area (Å²) in [6.45, 7) is 0.369. The van der Waals surface area contributed by atoms with Gasteiger partial charge in [0.05, 0.1) is 17.8 Å². The highest BCUT2D eigenvalue weighted by atomic mass is 127. The Morgan fingerprint density at radius 3 is 2.38 bits per heavy atom. The van der Waals surface area contributed by atoms with E-state index in [-0.39, 0.29) is 11.3 Å². The van der Waals surface area contributed by atoms with Gasteiger partial charge in [-0.1, -0.05) is 23.7 Å². The number of non-ortho nitro benzene ring substituents is 1. The number of hydrogen-bond donors (Lipinski definition) is 1. The van der Waals surface area contributed by atoms with E-state index in [9.17, 15) is 20.2 Å². The van der Waals surface area contributed by atoms with E-state index >= 15 is 0 Å². The van der Waals surface area contributed by atoms with Crippen LogP contribution in [0.1, 0.15) is 11.1 Å². The van der Waals surface area contributed by atoms with Crippen molar-refractivity contribution in [1.29, 1.82) is 5.26 Å². The van der Waals surface area contributed by atoms with E-state index in [2.05, 4.69) is 66.4 Å². The normalized spacial score (nSPS) is 11.0. The fourth-order valence-electron chi connectivity index (χ4n) is 2.76. The number of nitriles is 1. The van der Waals surface area contributed by atoms with Crippen LogP contribution in [0.2, 0.25) is 5.02 Å². The van der Waals surface area contributed by atoms with Crippen molar-refractivity contribution in [2.75, 3.05) is 5.32 Å². The number of carbonyl (C=O) groups is 1. The highest BCUT2D eigenvalue weighted by Gasteiger charge is 2.15. The summed E-state index contributed by atoms with van der Waals surface area (Å²) < 4.78 is 7.94. The van der Waals surface area contributed by atoms with Crippen LogP contribution in [0.4, 0.5) is 11.4 Å². The minimum absolute atomic E-state index is 0.119. The molecule has 34 heavy (non-hydrogen) atoms. The van der Waals surface area contributed by atoms with Crippen LogP contribution < -0.4 is 10.1 Å². The molecule has 0 radical (unpaired) electrons. The molecular formula is C23H13BrClI2N3O4. The predicted molar refractivity (Wildman–Crippen MR) is 151 cm³/mol. The van der Waals surface area contributed by atoms with Gasteiger partial charge in [-0.3, -0.25) is 14.9 Å². The highest BCUT2D eigenvalue weighted by Crippen LogP contribution is 2.31. The number of nitrogens with zero attached hydrogens (tertiary/aromatic N) is 2. The first-order valence-electron chi connectivity index (χ1n) is 9.41.